The highest BCUT2D eigenvalue weighted by Gasteiger charge is 2.34. The fourth-order valence-corrected chi connectivity index (χ4v) is 13.8. The number of rotatable bonds is 10. The molecule has 398 valence electrons. The number of benzene rings is 12. The molecule has 3 heteroatoms. The molecule has 12 aromatic carbocycles. The van der Waals surface area contributed by atoms with Crippen molar-refractivity contribution in [1.82, 2.24) is 0 Å². The zero-order chi connectivity index (χ0) is 55.9. The predicted molar refractivity (Wildman–Crippen MR) is 355 cm³/mol. The van der Waals surface area contributed by atoms with Crippen molar-refractivity contribution < 1.29 is 4.42 Å². The van der Waals surface area contributed by atoms with E-state index in [4.69, 9.17) is 4.42 Å². The summed E-state index contributed by atoms with van der Waals surface area (Å²) in [5, 5.41) is 16.7. The second-order valence-corrected chi connectivity index (χ2v) is 23.4. The summed E-state index contributed by atoms with van der Waals surface area (Å²) in [7, 11) is 0. The van der Waals surface area contributed by atoms with Gasteiger partial charge in [0.2, 0.25) is 0 Å². The Labute approximate surface area is 489 Å². The molecule has 0 saturated carbocycles. The summed E-state index contributed by atoms with van der Waals surface area (Å²) in [6, 6.07) is 94.9. The zero-order valence-electron chi connectivity index (χ0n) is 46.9. The summed E-state index contributed by atoms with van der Waals surface area (Å²) >= 11 is 0. The van der Waals surface area contributed by atoms with E-state index in [1.165, 1.54) is 92.9 Å². The van der Waals surface area contributed by atoms with Gasteiger partial charge in [-0.25, -0.2) is 0 Å². The minimum Gasteiger partial charge on any atom is -0.455 e. The predicted octanol–water partition coefficient (Wildman–Crippen LogP) is 20.0. The highest BCUT2D eigenvalue weighted by atomic mass is 16.3. The van der Waals surface area contributed by atoms with Crippen LogP contribution in [0.3, 0.4) is 0 Å². The number of fused-ring (bicyclic) bond motifs is 11. The van der Waals surface area contributed by atoms with Crippen LogP contribution in [0.25, 0.3) is 105 Å². The van der Waals surface area contributed by atoms with Gasteiger partial charge in [-0.2, -0.15) is 0 Å². The number of nitrogens with one attached hydrogen (secondary N) is 1. The Bertz CT molecular complexity index is 5040. The third kappa shape index (κ3) is 8.34. The maximum absolute atomic E-state index is 6.46. The molecular weight excluding hydrogens is 1020 g/mol. The Morgan fingerprint density at radius 1 is 0.429 bits per heavy atom. The van der Waals surface area contributed by atoms with E-state index in [1.54, 1.807) is 0 Å². The number of hydrogen-bond acceptors (Lipinski definition) is 3. The van der Waals surface area contributed by atoms with Gasteiger partial charge >= 0.3 is 0 Å². The van der Waals surface area contributed by atoms with Gasteiger partial charge in [-0.15, -0.1) is 0 Å². The van der Waals surface area contributed by atoms with Crippen molar-refractivity contribution in [1.29, 1.82) is 0 Å². The Balaban J connectivity index is 0.747. The van der Waals surface area contributed by atoms with Crippen molar-refractivity contribution in [2.75, 3.05) is 10.2 Å². The van der Waals surface area contributed by atoms with Gasteiger partial charge in [0, 0.05) is 44.5 Å². The molecule has 84 heavy (non-hydrogen) atoms. The average molecular weight is 1080 g/mol. The first kappa shape index (κ1) is 49.3. The van der Waals surface area contributed by atoms with Crippen molar-refractivity contribution in [3.05, 3.63) is 324 Å². The molecule has 1 aromatic heterocycles. The molecule has 13 aromatic rings. The average Bonchev–Trinajstić information content (AvgIpc) is 2.49. The van der Waals surface area contributed by atoms with Gasteiger partial charge in [0.1, 0.15) is 11.2 Å². The standard InChI is InChI=1S/C81H58N2O/c1-80(2)52-66(49-61-48-60-50-75-70-22-11-9-20-68(70)69-21-10-12-23-71(69)76(75)51-74(60)78(61)80)83(64-40-32-56(33-41-64)54-18-7-4-8-19-54)65-42-34-57(35-43-65)58-44-46-81(47-45-58,62-36-28-55(29-37-62)53-16-5-3-6-17-53)82-63-38-30-59(31-39-63)67-25-15-26-73-72-24-13-14-27-77(72)84-79(67)73/h3-46,48-52,82H,47H2,1-2H3. The van der Waals surface area contributed by atoms with Crippen molar-refractivity contribution in [2.24, 2.45) is 5.41 Å². The van der Waals surface area contributed by atoms with Gasteiger partial charge in [-0.05, 0) is 172 Å². The number of allylic oxidation sites excluding steroid dienone is 5. The van der Waals surface area contributed by atoms with E-state index >= 15 is 0 Å². The van der Waals surface area contributed by atoms with Crippen LogP contribution in [-0.2, 0) is 5.54 Å². The first-order valence-electron chi connectivity index (χ1n) is 29.3. The third-order valence-corrected chi connectivity index (χ3v) is 17.9. The van der Waals surface area contributed by atoms with Crippen LogP contribution in [0.15, 0.2) is 307 Å². The minimum absolute atomic E-state index is 0.282. The van der Waals surface area contributed by atoms with E-state index in [1.807, 2.05) is 12.1 Å². The van der Waals surface area contributed by atoms with Gasteiger partial charge in [0.15, 0.2) is 0 Å². The maximum Gasteiger partial charge on any atom is 0.143 e. The Kier molecular flexibility index (Phi) is 11.5. The van der Waals surface area contributed by atoms with Gasteiger partial charge in [0.05, 0.1) is 5.54 Å². The van der Waals surface area contributed by atoms with Crippen LogP contribution in [0.5, 0.6) is 0 Å². The molecule has 0 saturated heterocycles. The first-order valence-corrected chi connectivity index (χ1v) is 29.3. The van der Waals surface area contributed by atoms with E-state index in [-0.39, 0.29) is 5.41 Å². The van der Waals surface area contributed by atoms with Crippen molar-refractivity contribution >= 4 is 88.5 Å². The van der Waals surface area contributed by atoms with Crippen LogP contribution in [0.1, 0.15) is 31.4 Å². The lowest BCUT2D eigenvalue weighted by atomic mass is 9.76. The van der Waals surface area contributed by atoms with Gasteiger partial charge in [-0.1, -0.05) is 244 Å². The van der Waals surface area contributed by atoms with Crippen molar-refractivity contribution in [2.45, 2.75) is 25.8 Å². The minimum atomic E-state index is -0.503. The number of furan rings is 1. The molecule has 3 aliphatic rings. The zero-order valence-corrected chi connectivity index (χ0v) is 46.9. The van der Waals surface area contributed by atoms with E-state index in [2.05, 4.69) is 309 Å². The highest BCUT2D eigenvalue weighted by Crippen LogP contribution is 2.47. The summed E-state index contributed by atoms with van der Waals surface area (Å²) in [6.07, 6.45) is 15.2. The second kappa shape index (κ2) is 19.6. The van der Waals surface area contributed by atoms with E-state index in [9.17, 15) is 0 Å². The lowest BCUT2D eigenvalue weighted by Gasteiger charge is -2.36. The molecule has 1 heterocycles. The number of nitrogens with zero attached hydrogens (tertiary/aromatic N) is 1. The third-order valence-electron chi connectivity index (χ3n) is 17.9. The van der Waals surface area contributed by atoms with Crippen LogP contribution < -0.4 is 20.7 Å². The summed E-state index contributed by atoms with van der Waals surface area (Å²) in [4.78, 5) is 2.44. The summed E-state index contributed by atoms with van der Waals surface area (Å²) in [6.45, 7) is 4.77. The molecule has 3 nitrogen and oxygen atoms in total. The first-order chi connectivity index (χ1) is 41.3. The quantitative estimate of drug-likeness (QED) is 0.138. The van der Waals surface area contributed by atoms with Gasteiger partial charge in [-0.3, -0.25) is 0 Å². The monoisotopic (exact) mass is 1070 g/mol. The van der Waals surface area contributed by atoms with E-state index in [0.717, 1.165) is 62.2 Å². The van der Waals surface area contributed by atoms with Crippen molar-refractivity contribution in [3.63, 3.8) is 0 Å². The lowest BCUT2D eigenvalue weighted by molar-refractivity contribution is 0.620. The molecular formula is C81H58N2O. The highest BCUT2D eigenvalue weighted by molar-refractivity contribution is 6.25. The number of para-hydroxylation sites is 2. The topological polar surface area (TPSA) is 28.4 Å². The van der Waals surface area contributed by atoms with Crippen LogP contribution in [0.2, 0.25) is 0 Å². The van der Waals surface area contributed by atoms with E-state index in [0.29, 0.717) is 0 Å². The molecule has 0 bridgehead atoms. The Hall–Kier alpha value is -10.5. The molecule has 1 N–H and O–H groups in total. The summed E-state index contributed by atoms with van der Waals surface area (Å²) < 4.78 is 6.46. The molecule has 0 amide bonds. The second-order valence-electron chi connectivity index (χ2n) is 23.4. The molecule has 0 fully saturated rings. The summed E-state index contributed by atoms with van der Waals surface area (Å²) in [5.41, 5.74) is 18.6. The molecule has 0 spiro atoms. The summed E-state index contributed by atoms with van der Waals surface area (Å²) in [5.74, 6) is 0. The Morgan fingerprint density at radius 3 is 1.57 bits per heavy atom. The van der Waals surface area contributed by atoms with Crippen LogP contribution in [0, 0.1) is 5.41 Å². The maximum atomic E-state index is 6.46. The number of anilines is 3. The van der Waals surface area contributed by atoms with Crippen LogP contribution in [-0.4, -0.2) is 0 Å². The molecule has 16 rings (SSSR count). The molecule has 0 radical (unpaired) electrons. The van der Waals surface area contributed by atoms with Gasteiger partial charge in [0.25, 0.3) is 0 Å². The smallest absolute Gasteiger partial charge is 0.143 e. The van der Waals surface area contributed by atoms with Crippen LogP contribution in [0.4, 0.5) is 17.1 Å². The normalized spacial score (nSPS) is 16.1. The van der Waals surface area contributed by atoms with E-state index < -0.39 is 5.54 Å². The molecule has 1 atom stereocenters. The van der Waals surface area contributed by atoms with Crippen LogP contribution >= 0.6 is 0 Å². The molecule has 0 aliphatic heterocycles. The van der Waals surface area contributed by atoms with Gasteiger partial charge < -0.3 is 14.6 Å². The molecule has 3 aliphatic carbocycles. The fourth-order valence-electron chi connectivity index (χ4n) is 13.8. The Morgan fingerprint density at radius 2 is 0.952 bits per heavy atom. The largest absolute Gasteiger partial charge is 0.455 e. The SMILES string of the molecule is CC1(C)C=C(N(c2ccc(C3=CCC(Nc4ccc(-c5cccc6c5oc5ccccc56)cc4)(c4ccc(-c5ccccc5)cc4)C=C3)cc2)c2ccc(-c3ccccc3)cc2)C=C2C=c3cc4c5ccccc5c5ccccc5c4cc3=C21. The number of hydrogen-bond donors (Lipinski definition) is 1. The molecule has 1 unspecified atom stereocenters. The lowest BCUT2D eigenvalue weighted by Crippen LogP contribution is -2.34. The van der Waals surface area contributed by atoms with Crippen molar-refractivity contribution in [3.8, 4) is 33.4 Å². The fraction of sp³-hybridized carbons (Fsp3) is 0.0617.